The Hall–Kier alpha value is -3.46. The molecule has 3 aromatic rings. The lowest BCUT2D eigenvalue weighted by Gasteiger charge is -2.53. The zero-order valence-electron chi connectivity index (χ0n) is 21.6. The van der Waals surface area contributed by atoms with Crippen LogP contribution in [0.2, 0.25) is 0 Å². The zero-order chi connectivity index (χ0) is 25.9. The van der Waals surface area contributed by atoms with E-state index in [0.717, 1.165) is 41.8 Å². The fourth-order valence-corrected chi connectivity index (χ4v) is 6.99. The molecule has 0 aliphatic heterocycles. The second-order valence-corrected chi connectivity index (χ2v) is 11.4. The Balaban J connectivity index is 1.61. The summed E-state index contributed by atoms with van der Waals surface area (Å²) in [6, 6.07) is 10.1. The van der Waals surface area contributed by atoms with Gasteiger partial charge >= 0.3 is 0 Å². The molecule has 2 aromatic heterocycles. The first-order chi connectivity index (χ1) is 17.8. The molecule has 2 fully saturated rings. The van der Waals surface area contributed by atoms with E-state index in [1.807, 2.05) is 32.2 Å². The number of carbonyl (C=O) groups excluding carboxylic acids is 1. The number of pyridine rings is 1. The highest BCUT2D eigenvalue weighted by atomic mass is 19.1. The molecular formula is C31H31FN4O. The van der Waals surface area contributed by atoms with Gasteiger partial charge in [0, 0.05) is 51.7 Å². The molecule has 0 saturated heterocycles. The number of ketones is 1. The van der Waals surface area contributed by atoms with E-state index < -0.39 is 16.9 Å². The molecule has 0 radical (unpaired) electrons. The van der Waals surface area contributed by atoms with Crippen LogP contribution in [0.25, 0.3) is 27.5 Å². The van der Waals surface area contributed by atoms with Crippen molar-refractivity contribution >= 4 is 5.78 Å². The summed E-state index contributed by atoms with van der Waals surface area (Å²) >= 11 is 0. The van der Waals surface area contributed by atoms with Gasteiger partial charge < -0.3 is 4.85 Å². The third kappa shape index (κ3) is 3.62. The topological polar surface area (TPSA) is 60.1 Å². The van der Waals surface area contributed by atoms with E-state index >= 15 is 4.39 Å². The highest BCUT2D eigenvalue weighted by molar-refractivity contribution is 5.92. The Kier molecular flexibility index (Phi) is 5.52. The molecule has 1 unspecified atom stereocenters. The first kappa shape index (κ1) is 23.9. The highest BCUT2D eigenvalue weighted by Gasteiger charge is 2.61. The summed E-state index contributed by atoms with van der Waals surface area (Å²) in [7, 11) is 0. The van der Waals surface area contributed by atoms with Crippen LogP contribution in [0, 0.1) is 23.7 Å². The minimum Gasteiger partial charge on any atom is -0.305 e. The third-order valence-electron chi connectivity index (χ3n) is 9.31. The molecule has 188 valence electrons. The summed E-state index contributed by atoms with van der Waals surface area (Å²) in [5.41, 5.74) is 3.73. The van der Waals surface area contributed by atoms with Gasteiger partial charge in [-0.2, -0.15) is 0 Å². The van der Waals surface area contributed by atoms with Crippen LogP contribution in [0.15, 0.2) is 42.6 Å². The number of Topliss-reactive ketones (excluding diaryl/α,β-unsaturated/α-hetero) is 1. The normalized spacial score (nSPS) is 28.8. The van der Waals surface area contributed by atoms with Crippen molar-refractivity contribution in [3.05, 3.63) is 76.8 Å². The van der Waals surface area contributed by atoms with E-state index in [1.54, 1.807) is 12.1 Å². The molecule has 0 bridgehead atoms. The maximum Gasteiger partial charge on any atom is 0.282 e. The Morgan fingerprint density at radius 2 is 1.92 bits per heavy atom. The van der Waals surface area contributed by atoms with Gasteiger partial charge in [-0.05, 0) is 62.3 Å². The first-order valence-corrected chi connectivity index (χ1v) is 13.3. The SMILES string of the molecule is [C-]#[N+]C1C[C@@]2(C)c3nc(-c4ccnc(C5CC5)c4)nc(-c4ccccc4F)c3CC[C@@H]2[C@@](C)(CC)C1=O. The molecule has 6 heteroatoms. The van der Waals surface area contributed by atoms with Crippen LogP contribution in [0.1, 0.15) is 75.7 Å². The average Bonchev–Trinajstić information content (AvgIpc) is 3.76. The Bertz CT molecular complexity index is 1460. The highest BCUT2D eigenvalue weighted by Crippen LogP contribution is 2.58. The molecule has 2 heterocycles. The van der Waals surface area contributed by atoms with Crippen molar-refractivity contribution in [2.75, 3.05) is 0 Å². The van der Waals surface area contributed by atoms with Crippen molar-refractivity contribution in [2.24, 2.45) is 11.3 Å². The van der Waals surface area contributed by atoms with Crippen molar-refractivity contribution in [3.8, 4) is 22.6 Å². The number of fused-ring (bicyclic) bond motifs is 3. The van der Waals surface area contributed by atoms with Gasteiger partial charge in [-0.15, -0.1) is 0 Å². The predicted octanol–water partition coefficient (Wildman–Crippen LogP) is 6.72. The van der Waals surface area contributed by atoms with Crippen LogP contribution in [0.4, 0.5) is 4.39 Å². The summed E-state index contributed by atoms with van der Waals surface area (Å²) in [5, 5.41) is 0. The molecule has 0 spiro atoms. The minimum atomic E-state index is -0.699. The standard InChI is InChI=1S/C31H31FN4O/c1-5-30(2)25-13-12-21-26(20-8-6-7-9-22(20)32)35-29(19-14-15-34-23(16-19)18-10-11-18)36-27(21)31(25,3)17-24(33-4)28(30)37/h6-9,14-16,18,24-25H,5,10-13,17H2,1-3H3/t24?,25-,30-,31-/m1/s1. The van der Waals surface area contributed by atoms with Gasteiger partial charge in [0.1, 0.15) is 5.82 Å². The lowest BCUT2D eigenvalue weighted by atomic mass is 9.48. The van der Waals surface area contributed by atoms with Crippen molar-refractivity contribution in [2.45, 2.75) is 76.7 Å². The maximum absolute atomic E-state index is 15.2. The van der Waals surface area contributed by atoms with Crippen molar-refractivity contribution in [1.82, 2.24) is 15.0 Å². The molecule has 37 heavy (non-hydrogen) atoms. The van der Waals surface area contributed by atoms with Crippen LogP contribution in [0.5, 0.6) is 0 Å². The summed E-state index contributed by atoms with van der Waals surface area (Å²) in [4.78, 5) is 32.0. The van der Waals surface area contributed by atoms with E-state index in [0.29, 0.717) is 42.3 Å². The van der Waals surface area contributed by atoms with Crippen LogP contribution in [0.3, 0.4) is 0 Å². The molecule has 1 aromatic carbocycles. The van der Waals surface area contributed by atoms with Gasteiger partial charge in [0.25, 0.3) is 6.04 Å². The summed E-state index contributed by atoms with van der Waals surface area (Å²) < 4.78 is 15.2. The minimum absolute atomic E-state index is 0.0543. The number of carbonyl (C=O) groups is 1. The number of benzene rings is 1. The molecule has 3 aliphatic carbocycles. The van der Waals surface area contributed by atoms with E-state index in [2.05, 4.69) is 22.8 Å². The monoisotopic (exact) mass is 494 g/mol. The van der Waals surface area contributed by atoms with E-state index in [-0.39, 0.29) is 17.5 Å². The molecule has 3 aliphatic rings. The third-order valence-corrected chi connectivity index (χ3v) is 9.31. The second-order valence-electron chi connectivity index (χ2n) is 11.4. The van der Waals surface area contributed by atoms with Gasteiger partial charge in [-0.3, -0.25) is 9.78 Å². The van der Waals surface area contributed by atoms with Crippen LogP contribution < -0.4 is 0 Å². The van der Waals surface area contributed by atoms with Crippen molar-refractivity contribution in [1.29, 1.82) is 0 Å². The second kappa shape index (κ2) is 8.55. The number of halogens is 1. The van der Waals surface area contributed by atoms with Crippen LogP contribution in [-0.4, -0.2) is 26.8 Å². The Morgan fingerprint density at radius 3 is 2.62 bits per heavy atom. The van der Waals surface area contributed by atoms with Gasteiger partial charge in [0.2, 0.25) is 5.78 Å². The summed E-state index contributed by atoms with van der Waals surface area (Å²) in [5.74, 6) is 0.838. The molecule has 6 rings (SSSR count). The zero-order valence-corrected chi connectivity index (χ0v) is 21.6. The van der Waals surface area contributed by atoms with E-state index in [4.69, 9.17) is 16.5 Å². The number of rotatable bonds is 4. The molecule has 5 nitrogen and oxygen atoms in total. The quantitative estimate of drug-likeness (QED) is 0.378. The fraction of sp³-hybridized carbons (Fsp3) is 0.452. The maximum atomic E-state index is 15.2. The van der Waals surface area contributed by atoms with Gasteiger partial charge in [0.15, 0.2) is 5.82 Å². The average molecular weight is 495 g/mol. The van der Waals surface area contributed by atoms with Crippen LogP contribution in [-0.2, 0) is 16.6 Å². The van der Waals surface area contributed by atoms with Gasteiger partial charge in [0.05, 0.1) is 11.4 Å². The Morgan fingerprint density at radius 1 is 1.14 bits per heavy atom. The lowest BCUT2D eigenvalue weighted by Crippen LogP contribution is -2.58. The first-order valence-electron chi connectivity index (χ1n) is 13.3. The van der Waals surface area contributed by atoms with Crippen molar-refractivity contribution in [3.63, 3.8) is 0 Å². The molecule has 0 amide bonds. The predicted molar refractivity (Wildman–Crippen MR) is 140 cm³/mol. The smallest absolute Gasteiger partial charge is 0.282 e. The molecule has 4 atom stereocenters. The number of aromatic nitrogens is 3. The van der Waals surface area contributed by atoms with Gasteiger partial charge in [-0.25, -0.2) is 20.9 Å². The number of hydrogen-bond donors (Lipinski definition) is 0. The molecular weight excluding hydrogens is 463 g/mol. The van der Waals surface area contributed by atoms with Crippen molar-refractivity contribution < 1.29 is 9.18 Å². The number of nitrogens with zero attached hydrogens (tertiary/aromatic N) is 4. The van der Waals surface area contributed by atoms with Crippen LogP contribution >= 0.6 is 0 Å². The van der Waals surface area contributed by atoms with E-state index in [9.17, 15) is 4.79 Å². The molecule has 0 N–H and O–H groups in total. The summed E-state index contributed by atoms with van der Waals surface area (Å²) in [6.45, 7) is 14.1. The van der Waals surface area contributed by atoms with E-state index in [1.165, 1.54) is 6.07 Å². The summed E-state index contributed by atoms with van der Waals surface area (Å²) in [6.07, 6.45) is 6.67. The Labute approximate surface area is 217 Å². The lowest BCUT2D eigenvalue weighted by molar-refractivity contribution is -0.139. The fourth-order valence-electron chi connectivity index (χ4n) is 6.99. The number of hydrogen-bond acceptors (Lipinski definition) is 4. The van der Waals surface area contributed by atoms with Gasteiger partial charge in [-0.1, -0.05) is 32.9 Å². The molecule has 2 saturated carbocycles. The largest absolute Gasteiger partial charge is 0.305 e.